The first-order chi connectivity index (χ1) is 13.0. The number of nitrogens with one attached hydrogen (secondary N) is 1. The van der Waals surface area contributed by atoms with E-state index >= 15 is 0 Å². The summed E-state index contributed by atoms with van der Waals surface area (Å²) in [6.45, 7) is 3.61. The maximum Gasteiger partial charge on any atom is 0.322 e. The van der Waals surface area contributed by atoms with E-state index in [2.05, 4.69) is 15.5 Å². The molecule has 0 atom stereocenters. The molecule has 0 saturated carbocycles. The molecule has 0 radical (unpaired) electrons. The van der Waals surface area contributed by atoms with Crippen LogP contribution in [-0.2, 0) is 0 Å². The van der Waals surface area contributed by atoms with Gasteiger partial charge < -0.3 is 23.0 Å². The second kappa shape index (κ2) is 7.40. The molecule has 3 rings (SSSR count). The van der Waals surface area contributed by atoms with Gasteiger partial charge in [0.1, 0.15) is 11.5 Å². The highest BCUT2D eigenvalue weighted by Gasteiger charge is 2.20. The van der Waals surface area contributed by atoms with Crippen LogP contribution < -0.4 is 19.5 Å². The largest absolute Gasteiger partial charge is 0.493 e. The minimum absolute atomic E-state index is 0.0398. The fourth-order valence-electron chi connectivity index (χ4n) is 2.61. The average Bonchev–Trinajstić information content (AvgIpc) is 3.25. The molecule has 0 aliphatic carbocycles. The molecular formula is C18H19N3O6. The van der Waals surface area contributed by atoms with Crippen molar-refractivity contribution in [2.24, 2.45) is 0 Å². The Balaban J connectivity index is 1.85. The van der Waals surface area contributed by atoms with Crippen LogP contribution >= 0.6 is 0 Å². The van der Waals surface area contributed by atoms with Gasteiger partial charge in [0, 0.05) is 5.56 Å². The molecule has 1 aromatic carbocycles. The van der Waals surface area contributed by atoms with Crippen molar-refractivity contribution in [1.29, 1.82) is 0 Å². The standard InChI is InChI=1S/C18H19N3O6/c1-9-6-12(10(2)26-9)17-20-21-18(27-17)19-16(22)11-7-13(23-3)15(25-5)14(8-11)24-4/h6-8H,1-5H3,(H,19,21,22). The van der Waals surface area contributed by atoms with E-state index in [0.717, 1.165) is 5.76 Å². The SMILES string of the molecule is COc1cc(C(=O)Nc2nnc(-c3cc(C)oc3C)o2)cc(OC)c1OC. The third kappa shape index (κ3) is 3.57. The Bertz CT molecular complexity index is 950. The number of hydrogen-bond acceptors (Lipinski definition) is 8. The van der Waals surface area contributed by atoms with Crippen LogP contribution in [0.3, 0.4) is 0 Å². The van der Waals surface area contributed by atoms with E-state index < -0.39 is 5.91 Å². The molecule has 0 aliphatic rings. The summed E-state index contributed by atoms with van der Waals surface area (Å²) >= 11 is 0. The monoisotopic (exact) mass is 373 g/mol. The minimum Gasteiger partial charge on any atom is -0.493 e. The number of rotatable bonds is 6. The van der Waals surface area contributed by atoms with Crippen molar-refractivity contribution in [2.75, 3.05) is 26.6 Å². The fraction of sp³-hybridized carbons (Fsp3) is 0.278. The molecule has 0 bridgehead atoms. The molecule has 0 aliphatic heterocycles. The molecule has 0 fully saturated rings. The molecular weight excluding hydrogens is 354 g/mol. The normalized spacial score (nSPS) is 10.6. The second-order valence-corrected chi connectivity index (χ2v) is 5.61. The molecule has 1 amide bonds. The van der Waals surface area contributed by atoms with Gasteiger partial charge in [-0.05, 0) is 32.0 Å². The molecule has 9 heteroatoms. The van der Waals surface area contributed by atoms with Gasteiger partial charge in [-0.25, -0.2) is 0 Å². The van der Waals surface area contributed by atoms with Gasteiger partial charge in [0.25, 0.3) is 11.8 Å². The van der Waals surface area contributed by atoms with Gasteiger partial charge in [-0.3, -0.25) is 10.1 Å². The van der Waals surface area contributed by atoms with Crippen LogP contribution in [0.4, 0.5) is 6.01 Å². The summed E-state index contributed by atoms with van der Waals surface area (Å²) in [5.41, 5.74) is 0.952. The molecule has 142 valence electrons. The zero-order valence-electron chi connectivity index (χ0n) is 15.6. The van der Waals surface area contributed by atoms with E-state index in [4.69, 9.17) is 23.0 Å². The van der Waals surface area contributed by atoms with E-state index in [1.54, 1.807) is 13.0 Å². The van der Waals surface area contributed by atoms with Crippen LogP contribution in [0.5, 0.6) is 17.2 Å². The van der Waals surface area contributed by atoms with Crippen molar-refractivity contribution in [3.05, 3.63) is 35.3 Å². The van der Waals surface area contributed by atoms with Crippen LogP contribution in [0.15, 0.2) is 27.0 Å². The van der Waals surface area contributed by atoms with Crippen molar-refractivity contribution in [1.82, 2.24) is 10.2 Å². The number of hydrogen-bond donors (Lipinski definition) is 1. The van der Waals surface area contributed by atoms with Gasteiger partial charge in [0.05, 0.1) is 26.9 Å². The van der Waals surface area contributed by atoms with Gasteiger partial charge in [-0.15, -0.1) is 5.10 Å². The number of benzene rings is 1. The lowest BCUT2D eigenvalue weighted by Gasteiger charge is -2.13. The average molecular weight is 373 g/mol. The summed E-state index contributed by atoms with van der Waals surface area (Å²) in [6.07, 6.45) is 0. The Kier molecular flexibility index (Phi) is 5.02. The van der Waals surface area contributed by atoms with Crippen molar-refractivity contribution in [3.8, 4) is 28.7 Å². The predicted octanol–water partition coefficient (Wildman–Crippen LogP) is 3.22. The summed E-state index contributed by atoms with van der Waals surface area (Å²) in [5, 5.41) is 10.3. The Morgan fingerprint density at radius 1 is 0.963 bits per heavy atom. The molecule has 2 aromatic heterocycles. The number of aromatic nitrogens is 2. The molecule has 0 saturated heterocycles. The Labute approximate surface area is 155 Å². The quantitative estimate of drug-likeness (QED) is 0.701. The summed E-state index contributed by atoms with van der Waals surface area (Å²) < 4.78 is 26.7. The molecule has 0 unspecified atom stereocenters. The van der Waals surface area contributed by atoms with Crippen molar-refractivity contribution in [2.45, 2.75) is 13.8 Å². The molecule has 1 N–H and O–H groups in total. The molecule has 9 nitrogen and oxygen atoms in total. The summed E-state index contributed by atoms with van der Waals surface area (Å²) in [5.74, 6) is 2.27. The maximum atomic E-state index is 12.6. The first kappa shape index (κ1) is 18.3. The van der Waals surface area contributed by atoms with E-state index in [0.29, 0.717) is 28.6 Å². The highest BCUT2D eigenvalue weighted by molar-refractivity contribution is 6.04. The Hall–Kier alpha value is -3.49. The van der Waals surface area contributed by atoms with Crippen molar-refractivity contribution >= 4 is 11.9 Å². The number of amides is 1. The maximum absolute atomic E-state index is 12.6. The van der Waals surface area contributed by atoms with Crippen LogP contribution in [-0.4, -0.2) is 37.4 Å². The first-order valence-electron chi connectivity index (χ1n) is 7.99. The zero-order chi connectivity index (χ0) is 19.6. The smallest absolute Gasteiger partial charge is 0.322 e. The second-order valence-electron chi connectivity index (χ2n) is 5.61. The topological polar surface area (TPSA) is 109 Å². The van der Waals surface area contributed by atoms with Gasteiger partial charge in [-0.1, -0.05) is 5.10 Å². The van der Waals surface area contributed by atoms with Crippen LogP contribution in [0.25, 0.3) is 11.5 Å². The Morgan fingerprint density at radius 3 is 2.15 bits per heavy atom. The lowest BCUT2D eigenvalue weighted by Crippen LogP contribution is -2.13. The highest BCUT2D eigenvalue weighted by Crippen LogP contribution is 2.38. The lowest BCUT2D eigenvalue weighted by molar-refractivity contribution is 0.102. The summed E-state index contributed by atoms with van der Waals surface area (Å²) in [6, 6.07) is 4.80. The Morgan fingerprint density at radius 2 is 1.63 bits per heavy atom. The first-order valence-corrected chi connectivity index (χ1v) is 7.99. The fourth-order valence-corrected chi connectivity index (χ4v) is 2.61. The van der Waals surface area contributed by atoms with E-state index in [-0.39, 0.29) is 17.5 Å². The molecule has 27 heavy (non-hydrogen) atoms. The third-order valence-electron chi connectivity index (χ3n) is 3.84. The van der Waals surface area contributed by atoms with E-state index in [9.17, 15) is 4.79 Å². The van der Waals surface area contributed by atoms with Crippen molar-refractivity contribution < 1.29 is 27.8 Å². The number of furan rings is 1. The van der Waals surface area contributed by atoms with Gasteiger partial charge in [0.15, 0.2) is 11.5 Å². The van der Waals surface area contributed by atoms with Gasteiger partial charge >= 0.3 is 6.01 Å². The summed E-state index contributed by atoms with van der Waals surface area (Å²) in [4.78, 5) is 12.6. The summed E-state index contributed by atoms with van der Waals surface area (Å²) in [7, 11) is 4.43. The van der Waals surface area contributed by atoms with E-state index in [1.165, 1.54) is 33.5 Å². The number of carbonyl (C=O) groups excluding carboxylic acids is 1. The predicted molar refractivity (Wildman–Crippen MR) is 95.5 cm³/mol. The van der Waals surface area contributed by atoms with Crippen molar-refractivity contribution in [3.63, 3.8) is 0 Å². The molecule has 2 heterocycles. The van der Waals surface area contributed by atoms with Crippen LogP contribution in [0, 0.1) is 13.8 Å². The zero-order valence-corrected chi connectivity index (χ0v) is 15.6. The number of methoxy groups -OCH3 is 3. The number of carbonyl (C=O) groups is 1. The molecule has 3 aromatic rings. The number of anilines is 1. The number of ether oxygens (including phenoxy) is 3. The number of nitrogens with zero attached hydrogens (tertiary/aromatic N) is 2. The minimum atomic E-state index is -0.468. The van der Waals surface area contributed by atoms with Crippen LogP contribution in [0.2, 0.25) is 0 Å². The van der Waals surface area contributed by atoms with Gasteiger partial charge in [-0.2, -0.15) is 0 Å². The highest BCUT2D eigenvalue weighted by atomic mass is 16.5. The third-order valence-corrected chi connectivity index (χ3v) is 3.84. The molecule has 0 spiro atoms. The van der Waals surface area contributed by atoms with Gasteiger partial charge in [0.2, 0.25) is 5.75 Å². The van der Waals surface area contributed by atoms with E-state index in [1.807, 2.05) is 6.92 Å². The number of aryl methyl sites for hydroxylation is 2. The van der Waals surface area contributed by atoms with Crippen LogP contribution in [0.1, 0.15) is 21.9 Å². The lowest BCUT2D eigenvalue weighted by atomic mass is 10.1.